The van der Waals surface area contributed by atoms with Gasteiger partial charge in [-0.2, -0.15) is 0 Å². The smallest absolute Gasteiger partial charge is 0.321 e. The summed E-state index contributed by atoms with van der Waals surface area (Å²) in [4.78, 5) is 13.3. The third-order valence-electron chi connectivity index (χ3n) is 3.48. The second kappa shape index (κ2) is 2.98. The highest BCUT2D eigenvalue weighted by Gasteiger charge is 2.49. The third kappa shape index (κ3) is 1.26. The lowest BCUT2D eigenvalue weighted by Crippen LogP contribution is -2.49. The van der Waals surface area contributed by atoms with Gasteiger partial charge in [-0.1, -0.05) is 0 Å². The molecule has 2 bridgehead atoms. The minimum Gasteiger partial charge on any atom is -0.480 e. The number of aliphatic carboxylic acids is 1. The van der Waals surface area contributed by atoms with Crippen LogP contribution in [0.25, 0.3) is 0 Å². The zero-order valence-corrected chi connectivity index (χ0v) is 8.23. The lowest BCUT2D eigenvalue weighted by Gasteiger charge is -2.35. The second-order valence-electron chi connectivity index (χ2n) is 4.55. The average Bonchev–Trinajstić information content (AvgIpc) is 2.60. The number of carboxylic acid groups (broad SMARTS) is 1. The highest BCUT2D eigenvalue weighted by Crippen LogP contribution is 2.43. The van der Waals surface area contributed by atoms with Crippen LogP contribution in [0.4, 0.5) is 0 Å². The maximum absolute atomic E-state index is 11.1. The lowest BCUT2D eigenvalue weighted by molar-refractivity contribution is -0.145. The Hall–Kier alpha value is -0.570. The molecule has 1 saturated carbocycles. The van der Waals surface area contributed by atoms with E-state index in [1.807, 2.05) is 0 Å². The zero-order valence-electron chi connectivity index (χ0n) is 8.23. The molecule has 0 aromatic heterocycles. The molecule has 3 nitrogen and oxygen atoms in total. The predicted molar refractivity (Wildman–Crippen MR) is 49.5 cm³/mol. The van der Waals surface area contributed by atoms with Crippen molar-refractivity contribution in [2.45, 2.75) is 51.2 Å². The van der Waals surface area contributed by atoms with E-state index in [9.17, 15) is 4.79 Å². The molecule has 2 unspecified atom stereocenters. The van der Waals surface area contributed by atoms with Crippen molar-refractivity contribution < 1.29 is 9.90 Å². The Morgan fingerprint density at radius 2 is 2.15 bits per heavy atom. The fraction of sp³-hybridized carbons (Fsp3) is 0.900. The molecule has 2 rings (SSSR count). The molecule has 1 heterocycles. The maximum Gasteiger partial charge on any atom is 0.321 e. The van der Waals surface area contributed by atoms with Gasteiger partial charge in [-0.05, 0) is 39.0 Å². The van der Waals surface area contributed by atoms with Crippen molar-refractivity contribution in [2.75, 3.05) is 0 Å². The van der Waals surface area contributed by atoms with Crippen molar-refractivity contribution in [1.29, 1.82) is 0 Å². The van der Waals surface area contributed by atoms with E-state index in [0.29, 0.717) is 18.0 Å². The summed E-state index contributed by atoms with van der Waals surface area (Å²) in [6.07, 6.45) is 3.42. The van der Waals surface area contributed by atoms with Crippen LogP contribution in [0.1, 0.15) is 33.1 Å². The van der Waals surface area contributed by atoms with E-state index in [-0.39, 0.29) is 6.04 Å². The van der Waals surface area contributed by atoms with Gasteiger partial charge in [-0.3, -0.25) is 9.69 Å². The predicted octanol–water partition coefficient (Wildman–Crippen LogP) is 1.33. The van der Waals surface area contributed by atoms with E-state index in [4.69, 9.17) is 5.11 Å². The summed E-state index contributed by atoms with van der Waals surface area (Å²) in [5.41, 5.74) is 0. The van der Waals surface area contributed by atoms with Crippen LogP contribution in [0.15, 0.2) is 0 Å². The molecule has 0 aromatic carbocycles. The summed E-state index contributed by atoms with van der Waals surface area (Å²) in [6, 6.07) is 0.723. The molecule has 0 spiro atoms. The molecule has 1 saturated heterocycles. The Bertz CT molecular complexity index is 227. The van der Waals surface area contributed by atoms with Crippen molar-refractivity contribution in [2.24, 2.45) is 5.92 Å². The normalized spacial score (nSPS) is 38.8. The largest absolute Gasteiger partial charge is 0.480 e. The quantitative estimate of drug-likeness (QED) is 0.702. The molecule has 2 fully saturated rings. The SMILES string of the molecule is CC(C)N1C2CCC(C2)[C@H]1C(=O)O. The topological polar surface area (TPSA) is 40.5 Å². The molecule has 3 heteroatoms. The highest BCUT2D eigenvalue weighted by atomic mass is 16.4. The average molecular weight is 183 g/mol. The van der Waals surface area contributed by atoms with Crippen LogP contribution in [-0.2, 0) is 4.79 Å². The minimum atomic E-state index is -0.624. The van der Waals surface area contributed by atoms with E-state index in [2.05, 4.69) is 18.7 Å². The Labute approximate surface area is 78.7 Å². The molecule has 1 aliphatic heterocycles. The first-order valence-corrected chi connectivity index (χ1v) is 5.11. The first-order chi connectivity index (χ1) is 6.11. The molecule has 0 amide bonds. The summed E-state index contributed by atoms with van der Waals surface area (Å²) in [7, 11) is 0. The van der Waals surface area contributed by atoms with Crippen molar-refractivity contribution in [3.63, 3.8) is 0 Å². The summed E-state index contributed by atoms with van der Waals surface area (Å²) in [6.45, 7) is 4.19. The monoisotopic (exact) mass is 183 g/mol. The number of carbonyl (C=O) groups is 1. The molecule has 2 aliphatic rings. The minimum absolute atomic E-state index is 0.196. The summed E-state index contributed by atoms with van der Waals surface area (Å²) in [5, 5.41) is 9.11. The standard InChI is InChI=1S/C10H17NO2/c1-6(2)11-8-4-3-7(5-8)9(11)10(12)13/h6-9H,3-5H2,1-2H3,(H,12,13)/t7?,8?,9-/m0/s1. The van der Waals surface area contributed by atoms with Gasteiger partial charge in [0.05, 0.1) is 0 Å². The van der Waals surface area contributed by atoms with Crippen LogP contribution >= 0.6 is 0 Å². The molecule has 1 aliphatic carbocycles. The number of hydrogen-bond acceptors (Lipinski definition) is 2. The molecule has 3 atom stereocenters. The van der Waals surface area contributed by atoms with Crippen LogP contribution in [-0.4, -0.2) is 34.1 Å². The van der Waals surface area contributed by atoms with E-state index >= 15 is 0 Å². The highest BCUT2D eigenvalue weighted by molar-refractivity contribution is 5.74. The second-order valence-corrected chi connectivity index (χ2v) is 4.55. The summed E-state index contributed by atoms with van der Waals surface area (Å²) < 4.78 is 0. The van der Waals surface area contributed by atoms with Crippen LogP contribution in [0, 0.1) is 5.92 Å². The van der Waals surface area contributed by atoms with Gasteiger partial charge >= 0.3 is 5.97 Å². The van der Waals surface area contributed by atoms with Gasteiger partial charge in [0.2, 0.25) is 0 Å². The van der Waals surface area contributed by atoms with Crippen molar-refractivity contribution in [3.8, 4) is 0 Å². The summed E-state index contributed by atoms with van der Waals surface area (Å²) in [5.74, 6) is -0.203. The van der Waals surface area contributed by atoms with Crippen molar-refractivity contribution in [1.82, 2.24) is 4.90 Å². The Balaban J connectivity index is 2.20. The van der Waals surface area contributed by atoms with Crippen LogP contribution in [0.2, 0.25) is 0 Å². The van der Waals surface area contributed by atoms with E-state index in [1.165, 1.54) is 6.42 Å². The van der Waals surface area contributed by atoms with Gasteiger partial charge < -0.3 is 5.11 Å². The first-order valence-electron chi connectivity index (χ1n) is 5.11. The number of carboxylic acids is 1. The number of fused-ring (bicyclic) bond motifs is 2. The van der Waals surface area contributed by atoms with Crippen molar-refractivity contribution in [3.05, 3.63) is 0 Å². The molecule has 0 aromatic rings. The Kier molecular flexibility index (Phi) is 2.06. The maximum atomic E-state index is 11.1. The molecule has 1 N–H and O–H groups in total. The molecular formula is C10H17NO2. The fourth-order valence-corrected chi connectivity index (χ4v) is 3.09. The van der Waals surface area contributed by atoms with Crippen molar-refractivity contribution >= 4 is 5.97 Å². The number of likely N-dealkylation sites (tertiary alicyclic amines) is 1. The number of rotatable bonds is 2. The fourth-order valence-electron chi connectivity index (χ4n) is 3.09. The number of nitrogens with zero attached hydrogens (tertiary/aromatic N) is 1. The van der Waals surface area contributed by atoms with Gasteiger partial charge in [0.1, 0.15) is 6.04 Å². The van der Waals surface area contributed by atoms with Crippen LogP contribution in [0.5, 0.6) is 0 Å². The number of hydrogen-bond donors (Lipinski definition) is 1. The molecular weight excluding hydrogens is 166 g/mol. The molecule has 0 radical (unpaired) electrons. The third-order valence-corrected chi connectivity index (χ3v) is 3.48. The van der Waals surface area contributed by atoms with Gasteiger partial charge in [-0.25, -0.2) is 0 Å². The number of piperidine rings is 1. The van der Waals surface area contributed by atoms with Gasteiger partial charge in [0, 0.05) is 12.1 Å². The lowest BCUT2D eigenvalue weighted by atomic mass is 9.98. The first kappa shape index (κ1) is 9.00. The molecule has 74 valence electrons. The van der Waals surface area contributed by atoms with Gasteiger partial charge in [-0.15, -0.1) is 0 Å². The van der Waals surface area contributed by atoms with E-state index in [0.717, 1.165) is 12.8 Å². The van der Waals surface area contributed by atoms with Gasteiger partial charge in [0.25, 0.3) is 0 Å². The Morgan fingerprint density at radius 3 is 2.62 bits per heavy atom. The van der Waals surface area contributed by atoms with E-state index < -0.39 is 5.97 Å². The van der Waals surface area contributed by atoms with Crippen LogP contribution < -0.4 is 0 Å². The molecule has 13 heavy (non-hydrogen) atoms. The zero-order chi connectivity index (χ0) is 9.59. The van der Waals surface area contributed by atoms with Gasteiger partial charge in [0.15, 0.2) is 0 Å². The van der Waals surface area contributed by atoms with Crippen LogP contribution in [0.3, 0.4) is 0 Å². The van der Waals surface area contributed by atoms with E-state index in [1.54, 1.807) is 0 Å². The Morgan fingerprint density at radius 1 is 1.46 bits per heavy atom. The summed E-state index contributed by atoms with van der Waals surface area (Å²) >= 11 is 0.